The second kappa shape index (κ2) is 5.82. The first-order chi connectivity index (χ1) is 11.6. The van der Waals surface area contributed by atoms with Crippen molar-refractivity contribution < 1.29 is 18.8 Å². The van der Waals surface area contributed by atoms with E-state index in [-0.39, 0.29) is 24.0 Å². The fraction of sp³-hybridized carbons (Fsp3) is 0.588. The van der Waals surface area contributed by atoms with Crippen LogP contribution in [0.25, 0.3) is 11.1 Å². The minimum atomic E-state index is -0.117. The van der Waals surface area contributed by atoms with Gasteiger partial charge in [-0.25, -0.2) is 4.98 Å². The Labute approximate surface area is 139 Å². The summed E-state index contributed by atoms with van der Waals surface area (Å²) in [5, 5.41) is 7.79. The quantitative estimate of drug-likeness (QED) is 0.916. The van der Waals surface area contributed by atoms with Gasteiger partial charge in [-0.1, -0.05) is 5.16 Å². The summed E-state index contributed by atoms with van der Waals surface area (Å²) >= 11 is 0. The highest BCUT2D eigenvalue weighted by Crippen LogP contribution is 2.44. The molecule has 3 heterocycles. The molecule has 7 nitrogen and oxygen atoms in total. The van der Waals surface area contributed by atoms with Crippen molar-refractivity contribution in [2.24, 2.45) is 11.8 Å². The molecule has 4 atom stereocenters. The number of fused-ring (bicyclic) bond motifs is 2. The lowest BCUT2D eigenvalue weighted by Gasteiger charge is -2.47. The molecule has 0 aromatic carbocycles. The molecule has 24 heavy (non-hydrogen) atoms. The van der Waals surface area contributed by atoms with Crippen LogP contribution in [0, 0.1) is 25.7 Å². The molecule has 128 valence electrons. The van der Waals surface area contributed by atoms with Crippen LogP contribution in [0.2, 0.25) is 0 Å². The first kappa shape index (κ1) is 15.5. The highest BCUT2D eigenvalue weighted by molar-refractivity contribution is 6.06. The summed E-state index contributed by atoms with van der Waals surface area (Å²) in [6.45, 7) is 5.00. The van der Waals surface area contributed by atoms with E-state index in [0.717, 1.165) is 18.7 Å². The fourth-order valence-corrected chi connectivity index (χ4v) is 4.06. The SMILES string of the molecule is COC[C@@H]1[C@H](NC(=O)c2cc(C)nc3onc(C)c23)[C@@H]2CCO[C@H]12. The lowest BCUT2D eigenvalue weighted by atomic mass is 9.67. The zero-order valence-corrected chi connectivity index (χ0v) is 14.0. The van der Waals surface area contributed by atoms with Gasteiger partial charge in [-0.2, -0.15) is 0 Å². The van der Waals surface area contributed by atoms with Crippen LogP contribution in [0.5, 0.6) is 0 Å². The predicted octanol–water partition coefficient (Wildman–Crippen LogP) is 1.62. The van der Waals surface area contributed by atoms with E-state index in [0.29, 0.717) is 34.9 Å². The van der Waals surface area contributed by atoms with Crippen LogP contribution in [0.4, 0.5) is 0 Å². The van der Waals surface area contributed by atoms with Gasteiger partial charge in [0.05, 0.1) is 29.4 Å². The third-order valence-corrected chi connectivity index (χ3v) is 5.17. The second-order valence-electron chi connectivity index (χ2n) is 6.67. The topological polar surface area (TPSA) is 86.5 Å². The molecule has 2 aliphatic rings. The summed E-state index contributed by atoms with van der Waals surface area (Å²) in [6, 6.07) is 1.86. The molecular weight excluding hydrogens is 310 g/mol. The third-order valence-electron chi connectivity index (χ3n) is 5.17. The minimum absolute atomic E-state index is 0.0774. The number of hydrogen-bond acceptors (Lipinski definition) is 6. The zero-order valence-electron chi connectivity index (χ0n) is 14.0. The van der Waals surface area contributed by atoms with Crippen molar-refractivity contribution in [1.29, 1.82) is 0 Å². The number of rotatable bonds is 4. The maximum atomic E-state index is 12.9. The van der Waals surface area contributed by atoms with Crippen molar-refractivity contribution in [3.05, 3.63) is 23.0 Å². The van der Waals surface area contributed by atoms with Crippen LogP contribution in [-0.4, -0.2) is 48.5 Å². The minimum Gasteiger partial charge on any atom is -0.384 e. The number of hydrogen-bond donors (Lipinski definition) is 1. The van der Waals surface area contributed by atoms with Gasteiger partial charge in [0.2, 0.25) is 0 Å². The maximum absolute atomic E-state index is 12.9. The number of amides is 1. The van der Waals surface area contributed by atoms with Gasteiger partial charge in [0.15, 0.2) is 0 Å². The molecule has 0 spiro atoms. The third kappa shape index (κ3) is 2.31. The number of carbonyl (C=O) groups excluding carboxylic acids is 1. The van der Waals surface area contributed by atoms with Crippen LogP contribution >= 0.6 is 0 Å². The van der Waals surface area contributed by atoms with Gasteiger partial charge in [0.1, 0.15) is 0 Å². The lowest BCUT2D eigenvalue weighted by molar-refractivity contribution is -0.0809. The number of carbonyl (C=O) groups is 1. The maximum Gasteiger partial charge on any atom is 0.258 e. The Morgan fingerprint density at radius 2 is 2.29 bits per heavy atom. The molecule has 1 aliphatic heterocycles. The summed E-state index contributed by atoms with van der Waals surface area (Å²) in [4.78, 5) is 17.2. The highest BCUT2D eigenvalue weighted by atomic mass is 16.5. The van der Waals surface area contributed by atoms with Gasteiger partial charge in [-0.15, -0.1) is 0 Å². The molecule has 1 saturated heterocycles. The molecule has 7 heteroatoms. The molecule has 1 saturated carbocycles. The summed E-state index contributed by atoms with van der Waals surface area (Å²) in [5.74, 6) is 0.456. The summed E-state index contributed by atoms with van der Waals surface area (Å²) < 4.78 is 16.3. The number of nitrogens with zero attached hydrogens (tertiary/aromatic N) is 2. The summed E-state index contributed by atoms with van der Waals surface area (Å²) in [5.41, 5.74) is 2.37. The van der Waals surface area contributed by atoms with Gasteiger partial charge in [0, 0.05) is 37.3 Å². The van der Waals surface area contributed by atoms with E-state index in [1.54, 1.807) is 13.2 Å². The van der Waals surface area contributed by atoms with Gasteiger partial charge < -0.3 is 19.3 Å². The Kier molecular flexibility index (Phi) is 3.77. The average Bonchev–Trinajstić information content (AvgIpc) is 3.14. The van der Waals surface area contributed by atoms with Crippen molar-refractivity contribution in [2.75, 3.05) is 20.3 Å². The van der Waals surface area contributed by atoms with Gasteiger partial charge in [0.25, 0.3) is 11.6 Å². The second-order valence-corrected chi connectivity index (χ2v) is 6.67. The number of methoxy groups -OCH3 is 1. The normalized spacial score (nSPS) is 28.6. The Hall–Kier alpha value is -1.99. The Morgan fingerprint density at radius 3 is 3.08 bits per heavy atom. The van der Waals surface area contributed by atoms with Crippen molar-refractivity contribution in [2.45, 2.75) is 32.4 Å². The fourth-order valence-electron chi connectivity index (χ4n) is 4.06. The molecular formula is C17H21N3O4. The van der Waals surface area contributed by atoms with E-state index < -0.39 is 0 Å². The van der Waals surface area contributed by atoms with E-state index in [2.05, 4.69) is 15.5 Å². The van der Waals surface area contributed by atoms with Crippen LogP contribution in [0.3, 0.4) is 0 Å². The number of aryl methyl sites for hydroxylation is 2. The van der Waals surface area contributed by atoms with Gasteiger partial charge in [-0.3, -0.25) is 4.79 Å². The zero-order chi connectivity index (χ0) is 16.8. The van der Waals surface area contributed by atoms with Crippen molar-refractivity contribution in [3.63, 3.8) is 0 Å². The molecule has 2 aromatic heterocycles. The van der Waals surface area contributed by atoms with E-state index in [4.69, 9.17) is 14.0 Å². The molecule has 1 aliphatic carbocycles. The summed E-state index contributed by atoms with van der Waals surface area (Å²) in [6.07, 6.45) is 1.18. The number of ether oxygens (including phenoxy) is 2. The number of aromatic nitrogens is 2. The van der Waals surface area contributed by atoms with Crippen LogP contribution in [0.1, 0.15) is 28.2 Å². The lowest BCUT2D eigenvalue weighted by Crippen LogP contribution is -2.62. The average molecular weight is 331 g/mol. The molecule has 0 unspecified atom stereocenters. The van der Waals surface area contributed by atoms with E-state index in [1.807, 2.05) is 13.8 Å². The van der Waals surface area contributed by atoms with Crippen LogP contribution in [0.15, 0.2) is 10.6 Å². The van der Waals surface area contributed by atoms with Gasteiger partial charge >= 0.3 is 0 Å². The van der Waals surface area contributed by atoms with E-state index in [9.17, 15) is 4.79 Å². The molecule has 1 amide bonds. The van der Waals surface area contributed by atoms with E-state index >= 15 is 0 Å². The first-order valence-electron chi connectivity index (χ1n) is 8.25. The summed E-state index contributed by atoms with van der Waals surface area (Å²) in [7, 11) is 1.68. The number of nitrogens with one attached hydrogen (secondary N) is 1. The van der Waals surface area contributed by atoms with Crippen molar-refractivity contribution in [3.8, 4) is 0 Å². The molecule has 2 fully saturated rings. The molecule has 2 aromatic rings. The first-order valence-corrected chi connectivity index (χ1v) is 8.25. The smallest absolute Gasteiger partial charge is 0.258 e. The Morgan fingerprint density at radius 1 is 1.46 bits per heavy atom. The number of pyridine rings is 1. The van der Waals surface area contributed by atoms with Gasteiger partial charge in [-0.05, 0) is 26.3 Å². The molecule has 1 N–H and O–H groups in total. The Bertz CT molecular complexity index is 787. The largest absolute Gasteiger partial charge is 0.384 e. The Balaban J connectivity index is 1.61. The van der Waals surface area contributed by atoms with Crippen molar-refractivity contribution in [1.82, 2.24) is 15.5 Å². The van der Waals surface area contributed by atoms with Crippen molar-refractivity contribution >= 4 is 17.0 Å². The molecule has 4 rings (SSSR count). The highest BCUT2D eigenvalue weighted by Gasteiger charge is 2.54. The predicted molar refractivity (Wildman–Crippen MR) is 85.7 cm³/mol. The molecule has 0 radical (unpaired) electrons. The van der Waals surface area contributed by atoms with Crippen LogP contribution in [-0.2, 0) is 9.47 Å². The van der Waals surface area contributed by atoms with Crippen LogP contribution < -0.4 is 5.32 Å². The monoisotopic (exact) mass is 331 g/mol. The molecule has 0 bridgehead atoms. The standard InChI is InChI=1S/C17H21N3O4/c1-8-6-11(13-9(2)20-24-17(13)18-8)16(21)19-14-10-4-5-23-15(10)12(14)7-22-3/h6,10,12,14-15H,4-5,7H2,1-3H3,(H,19,21)/t10-,12+,14+,15-/m0/s1. The van der Waals surface area contributed by atoms with E-state index in [1.165, 1.54) is 0 Å².